The maximum absolute atomic E-state index is 11.8. The van der Waals surface area contributed by atoms with E-state index in [1.54, 1.807) is 0 Å². The summed E-state index contributed by atoms with van der Waals surface area (Å²) in [7, 11) is 0. The molecule has 0 spiro atoms. The lowest BCUT2D eigenvalue weighted by Gasteiger charge is -2.15. The van der Waals surface area contributed by atoms with Crippen LogP contribution in [0.4, 0.5) is 0 Å². The summed E-state index contributed by atoms with van der Waals surface area (Å²) < 4.78 is 10.2. The first-order chi connectivity index (χ1) is 14.6. The molecule has 0 aliphatic carbocycles. The Kier molecular flexibility index (Phi) is 20.0. The fourth-order valence-corrected chi connectivity index (χ4v) is 2.44. The Morgan fingerprint density at radius 2 is 1.40 bits per heavy atom. The second-order valence-corrected chi connectivity index (χ2v) is 6.97. The van der Waals surface area contributed by atoms with E-state index in [0.717, 1.165) is 44.9 Å². The van der Waals surface area contributed by atoms with Crippen molar-refractivity contribution in [3.05, 3.63) is 48.6 Å². The normalized spacial score (nSPS) is 13.0. The Hall–Kier alpha value is -2.14. The summed E-state index contributed by atoms with van der Waals surface area (Å²) in [6, 6.07) is 0. The largest absolute Gasteiger partial charge is 0.462 e. The topological polar surface area (TPSA) is 72.8 Å². The molecule has 0 saturated carbocycles. The van der Waals surface area contributed by atoms with Crippen molar-refractivity contribution in [2.75, 3.05) is 13.2 Å². The van der Waals surface area contributed by atoms with Crippen molar-refractivity contribution in [3.8, 4) is 0 Å². The minimum Gasteiger partial charge on any atom is -0.462 e. The highest BCUT2D eigenvalue weighted by molar-refractivity contribution is 5.70. The van der Waals surface area contributed by atoms with Crippen LogP contribution in [0.3, 0.4) is 0 Å². The van der Waals surface area contributed by atoms with Gasteiger partial charge >= 0.3 is 11.9 Å². The number of aliphatic hydroxyl groups excluding tert-OH is 1. The summed E-state index contributed by atoms with van der Waals surface area (Å²) in [4.78, 5) is 23.4. The Morgan fingerprint density at radius 1 is 0.800 bits per heavy atom. The monoisotopic (exact) mass is 420 g/mol. The first-order valence-electron chi connectivity index (χ1n) is 11.2. The predicted molar refractivity (Wildman–Crippen MR) is 122 cm³/mol. The first-order valence-corrected chi connectivity index (χ1v) is 11.2. The highest BCUT2D eigenvalue weighted by Crippen LogP contribution is 2.04. The van der Waals surface area contributed by atoms with E-state index >= 15 is 0 Å². The number of hydrogen-bond acceptors (Lipinski definition) is 5. The van der Waals surface area contributed by atoms with Crippen LogP contribution in [0.2, 0.25) is 0 Å². The molecule has 0 saturated heterocycles. The minimum atomic E-state index is -0.801. The average Bonchev–Trinajstić information content (AvgIpc) is 2.74. The zero-order chi connectivity index (χ0) is 22.3. The molecule has 0 aromatic heterocycles. The standard InChI is InChI=1S/C25H40O5/c1-3-5-7-8-9-10-11-12-13-14-15-16-18-20-25(28)30-23(21-26)22-29-24(27)19-17-6-4-2/h5,7,9-10,12-13,15-16,23,26H,3-4,6,8,11,14,17-22H2,1-2H3/b7-5-,10-9-,13-12-,16-15-. The van der Waals surface area contributed by atoms with Crippen molar-refractivity contribution in [3.63, 3.8) is 0 Å². The molecular formula is C25H40O5. The van der Waals surface area contributed by atoms with Gasteiger partial charge in [0.2, 0.25) is 0 Å². The fourth-order valence-electron chi connectivity index (χ4n) is 2.44. The van der Waals surface area contributed by atoms with Crippen LogP contribution in [0.5, 0.6) is 0 Å². The molecule has 0 bridgehead atoms. The van der Waals surface area contributed by atoms with Crippen LogP contribution in [0, 0.1) is 0 Å². The summed E-state index contributed by atoms with van der Waals surface area (Å²) in [5, 5.41) is 9.29. The summed E-state index contributed by atoms with van der Waals surface area (Å²) >= 11 is 0. The molecule has 0 aromatic rings. The van der Waals surface area contributed by atoms with Crippen molar-refractivity contribution in [1.82, 2.24) is 0 Å². The molecule has 5 nitrogen and oxygen atoms in total. The van der Waals surface area contributed by atoms with E-state index < -0.39 is 12.1 Å². The maximum Gasteiger partial charge on any atom is 0.306 e. The van der Waals surface area contributed by atoms with Gasteiger partial charge in [-0.25, -0.2) is 0 Å². The summed E-state index contributed by atoms with van der Waals surface area (Å²) in [6.07, 6.45) is 23.8. The minimum absolute atomic E-state index is 0.100. The lowest BCUT2D eigenvalue weighted by atomic mass is 10.2. The molecule has 170 valence electrons. The van der Waals surface area contributed by atoms with Gasteiger partial charge in [0.05, 0.1) is 6.61 Å². The molecule has 1 unspecified atom stereocenters. The molecule has 0 aliphatic rings. The number of carbonyl (C=O) groups excluding carboxylic acids is 2. The van der Waals surface area contributed by atoms with Gasteiger partial charge in [-0.2, -0.15) is 0 Å². The molecule has 0 radical (unpaired) electrons. The van der Waals surface area contributed by atoms with Gasteiger partial charge in [0.25, 0.3) is 0 Å². The molecule has 0 rings (SSSR count). The third-order valence-electron chi connectivity index (χ3n) is 4.15. The molecule has 0 fully saturated rings. The van der Waals surface area contributed by atoms with E-state index in [4.69, 9.17) is 9.47 Å². The number of esters is 2. The first kappa shape index (κ1) is 27.9. The van der Waals surface area contributed by atoms with Crippen LogP contribution >= 0.6 is 0 Å². The van der Waals surface area contributed by atoms with Crippen molar-refractivity contribution < 1.29 is 24.2 Å². The van der Waals surface area contributed by atoms with Crippen molar-refractivity contribution in [1.29, 1.82) is 0 Å². The number of unbranched alkanes of at least 4 members (excludes halogenated alkanes) is 2. The molecule has 1 N–H and O–H groups in total. The highest BCUT2D eigenvalue weighted by Gasteiger charge is 2.15. The molecule has 0 heterocycles. The van der Waals surface area contributed by atoms with E-state index in [0.29, 0.717) is 12.8 Å². The average molecular weight is 421 g/mol. The lowest BCUT2D eigenvalue weighted by molar-refractivity contribution is -0.161. The van der Waals surface area contributed by atoms with Gasteiger partial charge in [-0.15, -0.1) is 0 Å². The van der Waals surface area contributed by atoms with Gasteiger partial charge in [-0.05, 0) is 38.5 Å². The van der Waals surface area contributed by atoms with Gasteiger partial charge in [0.1, 0.15) is 6.61 Å². The molecule has 1 atom stereocenters. The van der Waals surface area contributed by atoms with E-state index in [9.17, 15) is 14.7 Å². The third kappa shape index (κ3) is 19.2. The maximum atomic E-state index is 11.8. The molecular weight excluding hydrogens is 380 g/mol. The molecule has 0 aromatic carbocycles. The van der Waals surface area contributed by atoms with Gasteiger partial charge in [0.15, 0.2) is 6.10 Å². The van der Waals surface area contributed by atoms with Crippen LogP contribution < -0.4 is 0 Å². The second kappa shape index (κ2) is 21.6. The van der Waals surface area contributed by atoms with Crippen LogP contribution in [-0.2, 0) is 19.1 Å². The Bertz CT molecular complexity index is 546. The highest BCUT2D eigenvalue weighted by atomic mass is 16.6. The van der Waals surface area contributed by atoms with Gasteiger partial charge in [-0.1, -0.05) is 75.3 Å². The number of ether oxygens (including phenoxy) is 2. The fraction of sp³-hybridized carbons (Fsp3) is 0.600. The Balaban J connectivity index is 3.83. The van der Waals surface area contributed by atoms with Crippen molar-refractivity contribution in [2.45, 2.75) is 84.2 Å². The molecule has 5 heteroatoms. The van der Waals surface area contributed by atoms with Crippen molar-refractivity contribution >= 4 is 11.9 Å². The zero-order valence-electron chi connectivity index (χ0n) is 18.8. The van der Waals surface area contributed by atoms with E-state index in [1.165, 1.54) is 0 Å². The number of aliphatic hydroxyl groups is 1. The Morgan fingerprint density at radius 3 is 1.97 bits per heavy atom. The van der Waals surface area contributed by atoms with E-state index in [1.807, 2.05) is 12.2 Å². The van der Waals surface area contributed by atoms with Crippen LogP contribution in [0.15, 0.2) is 48.6 Å². The number of hydrogen-bond donors (Lipinski definition) is 1. The molecule has 30 heavy (non-hydrogen) atoms. The lowest BCUT2D eigenvalue weighted by Crippen LogP contribution is -2.28. The molecule has 0 aliphatic heterocycles. The Labute approximate surface area is 182 Å². The molecule has 0 amide bonds. The summed E-state index contributed by atoms with van der Waals surface area (Å²) in [6.45, 7) is 3.72. The summed E-state index contributed by atoms with van der Waals surface area (Å²) in [5.74, 6) is -0.726. The predicted octanol–water partition coefficient (Wildman–Crippen LogP) is 5.60. The summed E-state index contributed by atoms with van der Waals surface area (Å²) in [5.41, 5.74) is 0. The second-order valence-electron chi connectivity index (χ2n) is 6.97. The van der Waals surface area contributed by atoms with Crippen LogP contribution in [-0.4, -0.2) is 36.4 Å². The van der Waals surface area contributed by atoms with Crippen LogP contribution in [0.25, 0.3) is 0 Å². The smallest absolute Gasteiger partial charge is 0.306 e. The van der Waals surface area contributed by atoms with Gasteiger partial charge in [-0.3, -0.25) is 9.59 Å². The van der Waals surface area contributed by atoms with Gasteiger partial charge < -0.3 is 14.6 Å². The van der Waals surface area contributed by atoms with E-state index in [2.05, 4.69) is 50.3 Å². The van der Waals surface area contributed by atoms with Gasteiger partial charge in [0, 0.05) is 12.8 Å². The zero-order valence-corrected chi connectivity index (χ0v) is 18.8. The SMILES string of the molecule is CC/C=C\C/C=C\C/C=C\C/C=C\CCC(=O)OC(CO)COC(=O)CCCCC. The number of rotatable bonds is 18. The van der Waals surface area contributed by atoms with Crippen molar-refractivity contribution in [2.24, 2.45) is 0 Å². The third-order valence-corrected chi connectivity index (χ3v) is 4.15. The number of carbonyl (C=O) groups is 2. The van der Waals surface area contributed by atoms with E-state index in [-0.39, 0.29) is 25.6 Å². The quantitative estimate of drug-likeness (QED) is 0.177. The number of allylic oxidation sites excluding steroid dienone is 8. The van der Waals surface area contributed by atoms with Crippen LogP contribution in [0.1, 0.15) is 78.1 Å².